The number of rotatable bonds is 7. The van der Waals surface area contributed by atoms with Crippen LogP contribution in [-0.4, -0.2) is 45.4 Å². The number of amides is 1. The number of allylic oxidation sites excluding steroid dienone is 1. The summed E-state index contributed by atoms with van der Waals surface area (Å²) < 4.78 is 0. The van der Waals surface area contributed by atoms with Gasteiger partial charge in [-0.2, -0.15) is 0 Å². The lowest BCUT2D eigenvalue weighted by Crippen LogP contribution is -2.46. The van der Waals surface area contributed by atoms with E-state index in [4.69, 9.17) is 0 Å². The van der Waals surface area contributed by atoms with Gasteiger partial charge in [-0.1, -0.05) is 19.9 Å². The molecule has 1 saturated carbocycles. The molecule has 3 N–H and O–H groups in total. The topological polar surface area (TPSA) is 98.1 Å². The van der Waals surface area contributed by atoms with Crippen LogP contribution in [0.5, 0.6) is 0 Å². The molecule has 0 bridgehead atoms. The molecule has 1 amide bonds. The van der Waals surface area contributed by atoms with Crippen molar-refractivity contribution in [1.82, 2.24) is 0 Å². The average molecular weight is 436 g/mol. The van der Waals surface area contributed by atoms with Crippen molar-refractivity contribution in [1.29, 1.82) is 0 Å². The highest BCUT2D eigenvalue weighted by Gasteiger charge is 2.35. The third kappa shape index (κ3) is 4.95. The van der Waals surface area contributed by atoms with Crippen LogP contribution in [0.25, 0.3) is 5.57 Å². The summed E-state index contributed by atoms with van der Waals surface area (Å²) in [6.45, 7) is 3.97. The first-order valence-electron chi connectivity index (χ1n) is 11.1. The van der Waals surface area contributed by atoms with Gasteiger partial charge in [0.1, 0.15) is 4.88 Å². The maximum Gasteiger partial charge on any atom is 0.348 e. The second-order valence-corrected chi connectivity index (χ2v) is 9.52. The molecule has 1 fully saturated rings. The van der Waals surface area contributed by atoms with Crippen LogP contribution in [0.2, 0.25) is 0 Å². The predicted molar refractivity (Wildman–Crippen MR) is 119 cm³/mol. The minimum absolute atomic E-state index is 0.0223. The van der Waals surface area contributed by atoms with E-state index in [-0.39, 0.29) is 28.8 Å². The summed E-state index contributed by atoms with van der Waals surface area (Å²) in [7, 11) is 0. The van der Waals surface area contributed by atoms with Crippen LogP contribution in [0.4, 0.5) is 5.69 Å². The highest BCUT2D eigenvalue weighted by molar-refractivity contribution is 7.15. The molecule has 0 aromatic carbocycles. The van der Waals surface area contributed by atoms with Gasteiger partial charge in [0.2, 0.25) is 5.91 Å². The molecule has 2 aliphatic rings. The maximum absolute atomic E-state index is 13.5. The van der Waals surface area contributed by atoms with E-state index >= 15 is 0 Å². The van der Waals surface area contributed by atoms with Gasteiger partial charge in [0.05, 0.1) is 17.9 Å². The van der Waals surface area contributed by atoms with Crippen molar-refractivity contribution in [2.75, 3.05) is 4.90 Å². The highest BCUT2D eigenvalue weighted by Crippen LogP contribution is 2.41. The number of carbonyl (C=O) groups excluding carboxylic acids is 1. The van der Waals surface area contributed by atoms with Gasteiger partial charge in [0, 0.05) is 16.8 Å². The number of anilines is 1. The van der Waals surface area contributed by atoms with Crippen molar-refractivity contribution in [3.05, 3.63) is 21.9 Å². The van der Waals surface area contributed by atoms with Crippen molar-refractivity contribution in [3.63, 3.8) is 0 Å². The molecule has 0 saturated heterocycles. The first-order chi connectivity index (χ1) is 14.3. The Labute approximate surface area is 182 Å². The van der Waals surface area contributed by atoms with Crippen LogP contribution >= 0.6 is 11.3 Å². The van der Waals surface area contributed by atoms with Crippen LogP contribution in [0, 0.1) is 5.92 Å². The minimum Gasteiger partial charge on any atom is -0.477 e. The molecule has 2 aliphatic carbocycles. The molecule has 1 atom stereocenters. The van der Waals surface area contributed by atoms with Crippen molar-refractivity contribution >= 4 is 34.5 Å². The molecule has 30 heavy (non-hydrogen) atoms. The lowest BCUT2D eigenvalue weighted by atomic mass is 9.90. The zero-order valence-electron chi connectivity index (χ0n) is 17.8. The Kier molecular flexibility index (Phi) is 7.71. The van der Waals surface area contributed by atoms with Crippen molar-refractivity contribution in [3.8, 4) is 0 Å². The number of aromatic carboxylic acids is 1. The summed E-state index contributed by atoms with van der Waals surface area (Å²) in [6, 6.07) is 1.73. The van der Waals surface area contributed by atoms with Gasteiger partial charge in [-0.15, -0.1) is 11.3 Å². The summed E-state index contributed by atoms with van der Waals surface area (Å²) in [5, 5.41) is 29.9. The number of aliphatic hydroxyl groups excluding tert-OH is 2. The zero-order chi connectivity index (χ0) is 21.8. The van der Waals surface area contributed by atoms with Crippen LogP contribution in [0.1, 0.15) is 86.2 Å². The van der Waals surface area contributed by atoms with E-state index in [2.05, 4.69) is 0 Å². The highest BCUT2D eigenvalue weighted by atomic mass is 32.1. The smallest absolute Gasteiger partial charge is 0.348 e. The van der Waals surface area contributed by atoms with E-state index in [0.29, 0.717) is 44.2 Å². The van der Waals surface area contributed by atoms with E-state index in [0.717, 1.165) is 29.7 Å². The Bertz CT molecular complexity index is 790. The van der Waals surface area contributed by atoms with Crippen LogP contribution in [-0.2, 0) is 4.79 Å². The fourth-order valence-electron chi connectivity index (χ4n) is 4.62. The predicted octanol–water partition coefficient (Wildman–Crippen LogP) is 4.45. The summed E-state index contributed by atoms with van der Waals surface area (Å²) in [6.07, 6.45) is 7.32. The molecule has 1 aromatic rings. The Morgan fingerprint density at radius 1 is 1.13 bits per heavy atom. The second kappa shape index (κ2) is 10.1. The zero-order valence-corrected chi connectivity index (χ0v) is 18.7. The van der Waals surface area contributed by atoms with E-state index < -0.39 is 12.1 Å². The summed E-state index contributed by atoms with van der Waals surface area (Å²) in [5.74, 6) is -1.21. The second-order valence-electron chi connectivity index (χ2n) is 8.47. The van der Waals surface area contributed by atoms with Crippen LogP contribution in [0.3, 0.4) is 0 Å². The molecular formula is C23H33NO5S. The normalized spacial score (nSPS) is 24.6. The molecule has 166 valence electrons. The fourth-order valence-corrected chi connectivity index (χ4v) is 5.66. The molecule has 3 rings (SSSR count). The van der Waals surface area contributed by atoms with Gasteiger partial charge in [-0.3, -0.25) is 4.79 Å². The van der Waals surface area contributed by atoms with Crippen molar-refractivity contribution in [2.45, 2.75) is 89.9 Å². The first kappa shape index (κ1) is 23.0. The Hall–Kier alpha value is -1.70. The van der Waals surface area contributed by atoms with Crippen molar-refractivity contribution in [2.24, 2.45) is 5.92 Å². The molecule has 0 aliphatic heterocycles. The first-order valence-corrected chi connectivity index (χ1v) is 11.9. The number of aliphatic hydroxyl groups is 2. The number of thiophene rings is 1. The Morgan fingerprint density at radius 2 is 1.80 bits per heavy atom. The standard InChI is InChI=1S/C23H33NO5S/c1-3-14(4-2)22(27)24(16-8-10-17(25)11-9-16)19-13-20(30-21(19)23(28)29)15-6-5-7-18(26)12-15/h12-14,16-18,25-26H,3-11H2,1-2H3,(H,28,29). The van der Waals surface area contributed by atoms with E-state index in [9.17, 15) is 24.9 Å². The quantitative estimate of drug-likeness (QED) is 0.588. The average Bonchev–Trinajstić information content (AvgIpc) is 3.16. The molecule has 6 nitrogen and oxygen atoms in total. The lowest BCUT2D eigenvalue weighted by Gasteiger charge is -2.37. The van der Waals surface area contributed by atoms with Gasteiger partial charge in [-0.25, -0.2) is 4.79 Å². The lowest BCUT2D eigenvalue weighted by molar-refractivity contribution is -0.123. The monoisotopic (exact) mass is 435 g/mol. The molecule has 1 heterocycles. The number of carbonyl (C=O) groups is 2. The number of hydrogen-bond acceptors (Lipinski definition) is 5. The van der Waals surface area contributed by atoms with E-state index in [1.165, 1.54) is 11.3 Å². The van der Waals surface area contributed by atoms with Gasteiger partial charge in [-0.05, 0) is 69.4 Å². The van der Waals surface area contributed by atoms with E-state index in [1.54, 1.807) is 4.90 Å². The SMILES string of the molecule is CCC(CC)C(=O)N(c1cc(C2=CC(O)CCC2)sc1C(=O)O)C1CCC(O)CC1. The number of hydrogen-bond donors (Lipinski definition) is 3. The maximum atomic E-state index is 13.5. The third-order valence-corrected chi connectivity index (χ3v) is 7.61. The third-order valence-electron chi connectivity index (χ3n) is 6.43. The fraction of sp³-hybridized carbons (Fsp3) is 0.652. The summed E-state index contributed by atoms with van der Waals surface area (Å²) in [4.78, 5) is 28.4. The summed E-state index contributed by atoms with van der Waals surface area (Å²) >= 11 is 1.19. The van der Waals surface area contributed by atoms with Gasteiger partial charge in [0.15, 0.2) is 0 Å². The largest absolute Gasteiger partial charge is 0.477 e. The molecule has 0 spiro atoms. The van der Waals surface area contributed by atoms with Gasteiger partial charge in [0.25, 0.3) is 0 Å². The minimum atomic E-state index is -1.03. The Morgan fingerprint density at radius 3 is 2.37 bits per heavy atom. The molecule has 1 unspecified atom stereocenters. The molecule has 1 aromatic heterocycles. The summed E-state index contributed by atoms with van der Waals surface area (Å²) in [5.41, 5.74) is 1.43. The molecule has 0 radical (unpaired) electrons. The number of carboxylic acid groups (broad SMARTS) is 1. The van der Waals surface area contributed by atoms with Crippen LogP contribution in [0.15, 0.2) is 12.1 Å². The molecular weight excluding hydrogens is 402 g/mol. The number of nitrogens with zero attached hydrogens (tertiary/aromatic N) is 1. The Balaban J connectivity index is 2.05. The van der Waals surface area contributed by atoms with Gasteiger partial charge < -0.3 is 20.2 Å². The van der Waals surface area contributed by atoms with Crippen molar-refractivity contribution < 1.29 is 24.9 Å². The number of carboxylic acids is 1. The molecule has 7 heteroatoms. The van der Waals surface area contributed by atoms with E-state index in [1.807, 2.05) is 26.0 Å². The van der Waals surface area contributed by atoms with Gasteiger partial charge >= 0.3 is 5.97 Å². The van der Waals surface area contributed by atoms with Crippen LogP contribution < -0.4 is 4.90 Å².